The molecule has 0 atom stereocenters. The summed E-state index contributed by atoms with van der Waals surface area (Å²) in [4.78, 5) is 27.5. The number of hydrogen-bond acceptors (Lipinski definition) is 6. The van der Waals surface area contributed by atoms with E-state index in [1.807, 2.05) is 0 Å². The Balaban J connectivity index is 0.000000298. The van der Waals surface area contributed by atoms with Crippen LogP contribution in [-0.4, -0.2) is 61.0 Å². The van der Waals surface area contributed by atoms with Crippen molar-refractivity contribution in [2.24, 2.45) is 9.98 Å². The molecule has 2 aliphatic rings. The lowest BCUT2D eigenvalue weighted by atomic mass is 10.2. The van der Waals surface area contributed by atoms with E-state index in [0.29, 0.717) is 12.8 Å². The molecule has 2 rings (SSSR count). The predicted molar refractivity (Wildman–Crippen MR) is 76.5 cm³/mol. The zero-order valence-electron chi connectivity index (χ0n) is 11.4. The Bertz CT molecular complexity index is 287. The minimum atomic E-state index is -0.870. The van der Waals surface area contributed by atoms with Crippen LogP contribution in [0, 0.1) is 0 Å². The average Bonchev–Trinajstić information content (AvgIpc) is 3.09. The molecule has 2 aliphatic heterocycles. The highest BCUT2D eigenvalue weighted by Gasteiger charge is 1.99. The van der Waals surface area contributed by atoms with Crippen LogP contribution >= 0.6 is 0 Å². The lowest BCUT2D eigenvalue weighted by Crippen LogP contribution is -2.04. The van der Waals surface area contributed by atoms with Gasteiger partial charge in [-0.05, 0) is 12.8 Å². The second-order valence-electron chi connectivity index (χ2n) is 3.97. The minimum Gasteiger partial charge on any atom is -0.481 e. The van der Waals surface area contributed by atoms with Crippen LogP contribution in [0.15, 0.2) is 9.98 Å². The van der Waals surface area contributed by atoms with Crippen molar-refractivity contribution < 1.29 is 19.8 Å². The van der Waals surface area contributed by atoms with Crippen LogP contribution in [0.5, 0.6) is 0 Å². The number of unbranched alkanes of at least 4 members (excludes halogenated alkanes) is 1. The lowest BCUT2D eigenvalue weighted by molar-refractivity contribution is -0.139. The van der Waals surface area contributed by atoms with Crippen LogP contribution in [-0.2, 0) is 9.59 Å². The fourth-order valence-corrected chi connectivity index (χ4v) is 1.20. The SMILES string of the molecule is C1=NCCN1.C1=NCCN1.O=C(O)CCCCC(=O)O. The van der Waals surface area contributed by atoms with E-state index >= 15 is 0 Å². The van der Waals surface area contributed by atoms with E-state index in [4.69, 9.17) is 10.2 Å². The number of aliphatic imine (C=N–C) groups is 2. The molecule has 0 fully saturated rings. The largest absolute Gasteiger partial charge is 0.481 e. The molecule has 0 aliphatic carbocycles. The number of aliphatic carboxylic acids is 2. The molecule has 0 aromatic heterocycles. The van der Waals surface area contributed by atoms with Crippen molar-refractivity contribution in [2.75, 3.05) is 26.2 Å². The maximum atomic E-state index is 9.90. The monoisotopic (exact) mass is 286 g/mol. The second kappa shape index (κ2) is 13.3. The number of carboxylic acids is 2. The number of hydrogen-bond donors (Lipinski definition) is 4. The van der Waals surface area contributed by atoms with Crippen LogP contribution in [0.25, 0.3) is 0 Å². The third-order valence-electron chi connectivity index (χ3n) is 2.17. The first-order chi connectivity index (χ1) is 9.63. The van der Waals surface area contributed by atoms with E-state index in [1.54, 1.807) is 12.7 Å². The zero-order chi connectivity index (χ0) is 15.1. The van der Waals surface area contributed by atoms with Crippen molar-refractivity contribution in [2.45, 2.75) is 25.7 Å². The standard InChI is InChI=1S/C6H10O4.2C3H6N2/c7-5(8)3-1-2-4-6(9)10;2*1-2-5-3-4-1/h1-4H2,(H,7,8)(H,9,10);2*3H,1-2H2,(H,4,5). The summed E-state index contributed by atoms with van der Waals surface area (Å²) < 4.78 is 0. The van der Waals surface area contributed by atoms with Gasteiger partial charge in [-0.15, -0.1) is 0 Å². The quantitative estimate of drug-likeness (QED) is 0.525. The maximum absolute atomic E-state index is 9.90. The zero-order valence-corrected chi connectivity index (χ0v) is 11.4. The number of nitrogens with one attached hydrogen (secondary N) is 2. The first-order valence-electron chi connectivity index (χ1n) is 6.50. The third kappa shape index (κ3) is 15.9. The van der Waals surface area contributed by atoms with Crippen molar-refractivity contribution in [1.82, 2.24) is 10.6 Å². The molecule has 0 unspecified atom stereocenters. The highest BCUT2D eigenvalue weighted by molar-refractivity contribution is 5.67. The van der Waals surface area contributed by atoms with Gasteiger partial charge in [-0.1, -0.05) is 0 Å². The van der Waals surface area contributed by atoms with Gasteiger partial charge >= 0.3 is 11.9 Å². The van der Waals surface area contributed by atoms with Crippen molar-refractivity contribution in [3.8, 4) is 0 Å². The molecule has 4 N–H and O–H groups in total. The molecule has 0 aromatic carbocycles. The average molecular weight is 286 g/mol. The van der Waals surface area contributed by atoms with Gasteiger partial charge in [0.2, 0.25) is 0 Å². The van der Waals surface area contributed by atoms with Gasteiger partial charge in [-0.3, -0.25) is 19.6 Å². The van der Waals surface area contributed by atoms with Crippen LogP contribution in [0.2, 0.25) is 0 Å². The van der Waals surface area contributed by atoms with Crippen LogP contribution in [0.4, 0.5) is 0 Å². The fraction of sp³-hybridized carbons (Fsp3) is 0.667. The van der Waals surface area contributed by atoms with Crippen molar-refractivity contribution in [3.63, 3.8) is 0 Å². The number of carboxylic acid groups (broad SMARTS) is 2. The Morgan fingerprint density at radius 2 is 1.30 bits per heavy atom. The number of nitrogens with zero attached hydrogens (tertiary/aromatic N) is 2. The molecule has 0 saturated heterocycles. The smallest absolute Gasteiger partial charge is 0.303 e. The van der Waals surface area contributed by atoms with Crippen molar-refractivity contribution in [1.29, 1.82) is 0 Å². The van der Waals surface area contributed by atoms with E-state index in [0.717, 1.165) is 26.2 Å². The molecule has 0 saturated carbocycles. The molecule has 8 heteroatoms. The Morgan fingerprint density at radius 3 is 1.45 bits per heavy atom. The van der Waals surface area contributed by atoms with Gasteiger partial charge in [0.1, 0.15) is 0 Å². The van der Waals surface area contributed by atoms with E-state index < -0.39 is 11.9 Å². The van der Waals surface area contributed by atoms with Gasteiger partial charge in [0.25, 0.3) is 0 Å². The number of rotatable bonds is 5. The van der Waals surface area contributed by atoms with E-state index in [9.17, 15) is 9.59 Å². The highest BCUT2D eigenvalue weighted by atomic mass is 16.4. The van der Waals surface area contributed by atoms with Crippen LogP contribution in [0.3, 0.4) is 0 Å². The second-order valence-corrected chi connectivity index (χ2v) is 3.97. The molecule has 114 valence electrons. The van der Waals surface area contributed by atoms with Gasteiger partial charge in [0, 0.05) is 25.9 Å². The van der Waals surface area contributed by atoms with Crippen molar-refractivity contribution >= 4 is 24.6 Å². The first-order valence-corrected chi connectivity index (χ1v) is 6.50. The van der Waals surface area contributed by atoms with Gasteiger partial charge < -0.3 is 20.8 Å². The first kappa shape index (κ1) is 17.9. The summed E-state index contributed by atoms with van der Waals surface area (Å²) in [7, 11) is 0. The Morgan fingerprint density at radius 1 is 0.900 bits per heavy atom. The highest BCUT2D eigenvalue weighted by Crippen LogP contribution is 1.98. The molecule has 0 radical (unpaired) electrons. The summed E-state index contributed by atoms with van der Waals surface area (Å²) in [5.41, 5.74) is 0. The molecule has 0 amide bonds. The normalized spacial score (nSPS) is 14.2. The van der Waals surface area contributed by atoms with E-state index in [1.165, 1.54) is 0 Å². The summed E-state index contributed by atoms with van der Waals surface area (Å²) >= 11 is 0. The van der Waals surface area contributed by atoms with E-state index in [-0.39, 0.29) is 12.8 Å². The summed E-state index contributed by atoms with van der Waals surface area (Å²) in [5, 5.41) is 22.1. The lowest BCUT2D eigenvalue weighted by Gasteiger charge is -1.92. The fourth-order valence-electron chi connectivity index (χ4n) is 1.20. The number of carbonyl (C=O) groups is 2. The van der Waals surface area contributed by atoms with Crippen molar-refractivity contribution in [3.05, 3.63) is 0 Å². The van der Waals surface area contributed by atoms with Crippen LogP contribution in [0.1, 0.15) is 25.7 Å². The molecule has 0 bridgehead atoms. The summed E-state index contributed by atoms with van der Waals surface area (Å²) in [5.74, 6) is -1.74. The van der Waals surface area contributed by atoms with Gasteiger partial charge in [0.05, 0.1) is 25.8 Å². The molecule has 0 spiro atoms. The minimum absolute atomic E-state index is 0.0628. The third-order valence-corrected chi connectivity index (χ3v) is 2.17. The predicted octanol–water partition coefficient (Wildman–Crippen LogP) is -0.0482. The Hall–Kier alpha value is -2.12. The maximum Gasteiger partial charge on any atom is 0.303 e. The Kier molecular flexibility index (Phi) is 11.9. The van der Waals surface area contributed by atoms with Gasteiger partial charge in [-0.2, -0.15) is 0 Å². The summed E-state index contributed by atoms with van der Waals surface area (Å²) in [6, 6.07) is 0. The van der Waals surface area contributed by atoms with Gasteiger partial charge in [-0.25, -0.2) is 0 Å². The molecule has 2 heterocycles. The summed E-state index contributed by atoms with van der Waals surface area (Å²) in [6.45, 7) is 3.97. The molecule has 8 nitrogen and oxygen atoms in total. The molecule has 20 heavy (non-hydrogen) atoms. The molecular weight excluding hydrogens is 264 g/mol. The molecular formula is C12H22N4O4. The Labute approximate surface area is 118 Å². The summed E-state index contributed by atoms with van der Waals surface area (Å²) in [6.07, 6.45) is 4.49. The van der Waals surface area contributed by atoms with Gasteiger partial charge in [0.15, 0.2) is 0 Å². The molecule has 0 aromatic rings. The van der Waals surface area contributed by atoms with E-state index in [2.05, 4.69) is 20.6 Å². The topological polar surface area (TPSA) is 123 Å². The van der Waals surface area contributed by atoms with Crippen LogP contribution < -0.4 is 10.6 Å².